The lowest BCUT2D eigenvalue weighted by atomic mass is 10.2. The van der Waals surface area contributed by atoms with E-state index in [1.807, 2.05) is 0 Å². The highest BCUT2D eigenvalue weighted by molar-refractivity contribution is 5.91. The van der Waals surface area contributed by atoms with Crippen molar-refractivity contribution in [2.45, 2.75) is 6.92 Å². The van der Waals surface area contributed by atoms with E-state index < -0.39 is 5.97 Å². The van der Waals surface area contributed by atoms with Crippen molar-refractivity contribution < 1.29 is 19.7 Å². The maximum absolute atomic E-state index is 11.1. The maximum atomic E-state index is 11.1. The summed E-state index contributed by atoms with van der Waals surface area (Å²) in [6.07, 6.45) is 0. The molecule has 2 N–H and O–H groups in total. The zero-order chi connectivity index (χ0) is 13.3. The summed E-state index contributed by atoms with van der Waals surface area (Å²) >= 11 is 0. The summed E-state index contributed by atoms with van der Waals surface area (Å²) < 4.78 is 6.49. The standard InChI is InChI=1S/C12H12N2O4/c1-7-10(12(16)17)11(18-2)14(13-7)8-3-5-9(15)6-4-8/h3-6,15H,1-2H3,(H,16,17). The summed E-state index contributed by atoms with van der Waals surface area (Å²) in [5, 5.41) is 22.5. The van der Waals surface area contributed by atoms with E-state index in [2.05, 4.69) is 5.10 Å². The Morgan fingerprint density at radius 3 is 2.44 bits per heavy atom. The van der Waals surface area contributed by atoms with Gasteiger partial charge in [0.1, 0.15) is 11.3 Å². The highest BCUT2D eigenvalue weighted by Gasteiger charge is 2.22. The molecule has 0 fully saturated rings. The number of aromatic hydroxyl groups is 1. The Morgan fingerprint density at radius 2 is 1.94 bits per heavy atom. The molecule has 0 spiro atoms. The number of carbonyl (C=O) groups is 1. The number of rotatable bonds is 3. The lowest BCUT2D eigenvalue weighted by Gasteiger charge is -2.06. The van der Waals surface area contributed by atoms with Crippen LogP contribution in [0.25, 0.3) is 5.69 Å². The molecule has 0 unspecified atom stereocenters. The fourth-order valence-corrected chi connectivity index (χ4v) is 1.71. The van der Waals surface area contributed by atoms with Crippen molar-refractivity contribution in [1.29, 1.82) is 0 Å². The number of hydrogen-bond donors (Lipinski definition) is 2. The van der Waals surface area contributed by atoms with Gasteiger partial charge < -0.3 is 14.9 Å². The van der Waals surface area contributed by atoms with E-state index in [9.17, 15) is 9.90 Å². The summed E-state index contributed by atoms with van der Waals surface area (Å²) in [7, 11) is 1.39. The minimum absolute atomic E-state index is 0.0329. The minimum atomic E-state index is -1.09. The van der Waals surface area contributed by atoms with Crippen LogP contribution in [0.5, 0.6) is 11.6 Å². The Morgan fingerprint density at radius 1 is 1.33 bits per heavy atom. The molecular formula is C12H12N2O4. The minimum Gasteiger partial charge on any atom is -0.508 e. The molecule has 0 saturated heterocycles. The zero-order valence-electron chi connectivity index (χ0n) is 9.91. The molecule has 2 rings (SSSR count). The molecule has 18 heavy (non-hydrogen) atoms. The van der Waals surface area contributed by atoms with Gasteiger partial charge in [0.05, 0.1) is 18.5 Å². The third kappa shape index (κ3) is 1.88. The number of nitrogens with zero attached hydrogens (tertiary/aromatic N) is 2. The molecule has 0 aliphatic heterocycles. The van der Waals surface area contributed by atoms with Crippen LogP contribution in [-0.2, 0) is 0 Å². The number of carboxylic acid groups (broad SMARTS) is 1. The zero-order valence-corrected chi connectivity index (χ0v) is 9.91. The number of phenols is 1. The normalized spacial score (nSPS) is 10.3. The Hall–Kier alpha value is -2.50. The summed E-state index contributed by atoms with van der Waals surface area (Å²) in [4.78, 5) is 11.1. The molecule has 94 valence electrons. The Kier molecular flexibility index (Phi) is 2.93. The van der Waals surface area contributed by atoms with Gasteiger partial charge in [0.15, 0.2) is 0 Å². The van der Waals surface area contributed by atoms with Gasteiger partial charge in [0, 0.05) is 0 Å². The predicted octanol–water partition coefficient (Wildman–Crippen LogP) is 1.59. The number of aromatic carboxylic acids is 1. The number of methoxy groups -OCH3 is 1. The monoisotopic (exact) mass is 248 g/mol. The smallest absolute Gasteiger partial charge is 0.343 e. The van der Waals surface area contributed by atoms with E-state index in [-0.39, 0.29) is 17.2 Å². The fraction of sp³-hybridized carbons (Fsp3) is 0.167. The number of aryl methyl sites for hydroxylation is 1. The number of benzene rings is 1. The first-order valence-corrected chi connectivity index (χ1v) is 5.21. The molecule has 0 aliphatic rings. The topological polar surface area (TPSA) is 84.6 Å². The van der Waals surface area contributed by atoms with Crippen molar-refractivity contribution in [2.24, 2.45) is 0 Å². The van der Waals surface area contributed by atoms with Crippen LogP contribution in [0.3, 0.4) is 0 Å². The van der Waals surface area contributed by atoms with E-state index in [0.29, 0.717) is 11.4 Å². The summed E-state index contributed by atoms with van der Waals surface area (Å²) in [6, 6.07) is 6.23. The Balaban J connectivity index is 2.61. The van der Waals surface area contributed by atoms with E-state index in [4.69, 9.17) is 9.84 Å². The van der Waals surface area contributed by atoms with Crippen molar-refractivity contribution in [1.82, 2.24) is 9.78 Å². The van der Waals surface area contributed by atoms with Crippen LogP contribution in [0, 0.1) is 6.92 Å². The van der Waals surface area contributed by atoms with Gasteiger partial charge in [0.25, 0.3) is 0 Å². The Labute approximate surface area is 103 Å². The lowest BCUT2D eigenvalue weighted by Crippen LogP contribution is -2.03. The quantitative estimate of drug-likeness (QED) is 0.861. The SMILES string of the molecule is COc1c(C(=O)O)c(C)nn1-c1ccc(O)cc1. The van der Waals surface area contributed by atoms with Crippen molar-refractivity contribution in [3.63, 3.8) is 0 Å². The highest BCUT2D eigenvalue weighted by atomic mass is 16.5. The number of ether oxygens (including phenoxy) is 1. The first-order chi connectivity index (χ1) is 8.54. The van der Waals surface area contributed by atoms with Crippen LogP contribution < -0.4 is 4.74 Å². The van der Waals surface area contributed by atoms with Crippen molar-refractivity contribution in [2.75, 3.05) is 7.11 Å². The molecule has 0 atom stereocenters. The van der Waals surface area contributed by atoms with Crippen LogP contribution in [0.1, 0.15) is 16.1 Å². The first kappa shape index (κ1) is 12.0. The largest absolute Gasteiger partial charge is 0.508 e. The first-order valence-electron chi connectivity index (χ1n) is 5.21. The van der Waals surface area contributed by atoms with Gasteiger partial charge >= 0.3 is 5.97 Å². The summed E-state index contributed by atoms with van der Waals surface area (Å²) in [6.45, 7) is 1.60. The molecule has 1 aromatic heterocycles. The van der Waals surface area contributed by atoms with Crippen LogP contribution in [0.15, 0.2) is 24.3 Å². The third-order valence-electron chi connectivity index (χ3n) is 2.52. The van der Waals surface area contributed by atoms with Gasteiger partial charge in [-0.2, -0.15) is 5.10 Å². The third-order valence-corrected chi connectivity index (χ3v) is 2.52. The number of phenolic OH excluding ortho intramolecular Hbond substituents is 1. The van der Waals surface area contributed by atoms with Crippen LogP contribution in [-0.4, -0.2) is 33.1 Å². The molecule has 6 nitrogen and oxygen atoms in total. The molecule has 6 heteroatoms. The number of aromatic nitrogens is 2. The molecule has 0 radical (unpaired) electrons. The van der Waals surface area contributed by atoms with Gasteiger partial charge in [-0.3, -0.25) is 0 Å². The summed E-state index contributed by atoms with van der Waals surface area (Å²) in [5.41, 5.74) is 1.01. The molecule has 0 amide bonds. The second-order valence-corrected chi connectivity index (χ2v) is 3.70. The number of carboxylic acids is 1. The van der Waals surface area contributed by atoms with E-state index in [1.165, 1.54) is 23.9 Å². The fourth-order valence-electron chi connectivity index (χ4n) is 1.71. The second-order valence-electron chi connectivity index (χ2n) is 3.70. The molecule has 1 heterocycles. The number of hydrogen-bond acceptors (Lipinski definition) is 4. The van der Waals surface area contributed by atoms with Gasteiger partial charge in [0.2, 0.25) is 5.88 Å². The van der Waals surface area contributed by atoms with Gasteiger partial charge in [-0.15, -0.1) is 0 Å². The summed E-state index contributed by atoms with van der Waals surface area (Å²) in [5.74, 6) is -0.805. The predicted molar refractivity (Wildman–Crippen MR) is 63.5 cm³/mol. The average Bonchev–Trinajstić information content (AvgIpc) is 2.67. The van der Waals surface area contributed by atoms with E-state index in [0.717, 1.165) is 0 Å². The van der Waals surface area contributed by atoms with Gasteiger partial charge in [-0.1, -0.05) is 0 Å². The Bertz CT molecular complexity index is 587. The van der Waals surface area contributed by atoms with Crippen molar-refractivity contribution in [3.05, 3.63) is 35.5 Å². The average molecular weight is 248 g/mol. The van der Waals surface area contributed by atoms with Gasteiger partial charge in [-0.25, -0.2) is 9.48 Å². The highest BCUT2D eigenvalue weighted by Crippen LogP contribution is 2.26. The van der Waals surface area contributed by atoms with Crippen molar-refractivity contribution >= 4 is 5.97 Å². The molecular weight excluding hydrogens is 236 g/mol. The van der Waals surface area contributed by atoms with Crippen molar-refractivity contribution in [3.8, 4) is 17.3 Å². The molecule has 0 saturated carbocycles. The van der Waals surface area contributed by atoms with E-state index in [1.54, 1.807) is 19.1 Å². The van der Waals surface area contributed by atoms with E-state index >= 15 is 0 Å². The second kappa shape index (κ2) is 4.40. The maximum Gasteiger partial charge on any atom is 0.343 e. The van der Waals surface area contributed by atoms with Crippen LogP contribution in [0.2, 0.25) is 0 Å². The van der Waals surface area contributed by atoms with Crippen LogP contribution >= 0.6 is 0 Å². The molecule has 0 aliphatic carbocycles. The molecule has 2 aromatic rings. The van der Waals surface area contributed by atoms with Crippen LogP contribution in [0.4, 0.5) is 0 Å². The molecule has 0 bridgehead atoms. The lowest BCUT2D eigenvalue weighted by molar-refractivity contribution is 0.0692. The molecule has 1 aromatic carbocycles. The van der Waals surface area contributed by atoms with Gasteiger partial charge in [-0.05, 0) is 31.2 Å².